The molecule has 1 N–H and O–H groups in total. The number of carbonyl (C=O) groups is 1. The summed E-state index contributed by atoms with van der Waals surface area (Å²) in [6.45, 7) is 4.32. The molecule has 0 radical (unpaired) electrons. The highest BCUT2D eigenvalue weighted by atomic mass is 79.9. The normalized spacial score (nSPS) is 15.5. The third-order valence-corrected chi connectivity index (χ3v) is 8.30. The van der Waals surface area contributed by atoms with E-state index in [2.05, 4.69) is 42.2 Å². The second-order valence-corrected chi connectivity index (χ2v) is 10.9. The maximum absolute atomic E-state index is 12.6. The Bertz CT molecular complexity index is 1350. The molecule has 1 aliphatic rings. The molecule has 0 aromatic heterocycles. The summed E-state index contributed by atoms with van der Waals surface area (Å²) in [6.07, 6.45) is 1.80. The van der Waals surface area contributed by atoms with E-state index < -0.39 is 0 Å². The molecule has 4 rings (SSSR count). The van der Waals surface area contributed by atoms with Crippen molar-refractivity contribution in [1.82, 2.24) is 5.32 Å². The number of aryl methyl sites for hydroxylation is 2. The van der Waals surface area contributed by atoms with Crippen LogP contribution in [-0.4, -0.2) is 18.2 Å². The fourth-order valence-corrected chi connectivity index (χ4v) is 5.30. The van der Waals surface area contributed by atoms with Crippen molar-refractivity contribution in [2.45, 2.75) is 20.5 Å². The topological polar surface area (TPSA) is 59.9 Å². The number of carbonyl (C=O) groups excluding carboxylic acids is 1. The minimum absolute atomic E-state index is 0.201. The van der Waals surface area contributed by atoms with E-state index in [9.17, 15) is 4.79 Å². The van der Waals surface area contributed by atoms with Crippen LogP contribution in [0.1, 0.15) is 22.3 Å². The molecule has 0 aliphatic carbocycles. The summed E-state index contributed by atoms with van der Waals surface area (Å²) < 4.78 is 13.3. The number of ether oxygens (including phenoxy) is 2. The van der Waals surface area contributed by atoms with Crippen LogP contribution in [0, 0.1) is 13.8 Å². The monoisotopic (exact) mass is 634 g/mol. The van der Waals surface area contributed by atoms with E-state index in [1.807, 2.05) is 62.4 Å². The standard InChI is InChI=1S/C26H21Br2ClN2O3S/c1-14-8-18(9-15(2)23(14)28)30-26-31-25(32)22(35-26)12-16-10-19(27)24(21(11-16)33-3)34-13-17-6-4-5-7-20(17)29/h4-12H,13H2,1-3H3,(H,30,31,32)/b22-12+. The van der Waals surface area contributed by atoms with Gasteiger partial charge in [0.2, 0.25) is 0 Å². The van der Waals surface area contributed by atoms with Crippen LogP contribution in [0.3, 0.4) is 0 Å². The Morgan fingerprint density at radius 2 is 1.83 bits per heavy atom. The van der Waals surface area contributed by atoms with Gasteiger partial charge in [0.15, 0.2) is 16.7 Å². The zero-order valence-electron chi connectivity index (χ0n) is 19.1. The second-order valence-electron chi connectivity index (χ2n) is 7.79. The maximum Gasteiger partial charge on any atom is 0.264 e. The highest BCUT2D eigenvalue weighted by Gasteiger charge is 2.24. The predicted molar refractivity (Wildman–Crippen MR) is 151 cm³/mol. The number of nitrogens with zero attached hydrogens (tertiary/aromatic N) is 1. The Morgan fingerprint density at radius 3 is 2.51 bits per heavy atom. The molecule has 0 unspecified atom stereocenters. The average Bonchev–Trinajstić information content (AvgIpc) is 3.15. The number of methoxy groups -OCH3 is 1. The van der Waals surface area contributed by atoms with Gasteiger partial charge < -0.3 is 14.8 Å². The Kier molecular flexibility index (Phi) is 8.27. The minimum Gasteiger partial charge on any atom is -0.493 e. The molecular weight excluding hydrogens is 616 g/mol. The maximum atomic E-state index is 12.6. The Hall–Kier alpha value is -2.26. The van der Waals surface area contributed by atoms with Gasteiger partial charge in [0.25, 0.3) is 5.91 Å². The first-order valence-electron chi connectivity index (χ1n) is 10.5. The molecule has 1 saturated heterocycles. The third kappa shape index (κ3) is 6.12. The van der Waals surface area contributed by atoms with Crippen molar-refractivity contribution in [1.29, 1.82) is 0 Å². The van der Waals surface area contributed by atoms with Crippen LogP contribution in [0.4, 0.5) is 5.69 Å². The Labute approximate surface area is 230 Å². The molecule has 5 nitrogen and oxygen atoms in total. The van der Waals surface area contributed by atoms with Crippen molar-refractivity contribution >= 4 is 78.1 Å². The quantitative estimate of drug-likeness (QED) is 0.279. The number of aliphatic imine (C=N–C) groups is 1. The molecule has 3 aromatic carbocycles. The van der Waals surface area contributed by atoms with Crippen LogP contribution in [-0.2, 0) is 11.4 Å². The number of rotatable bonds is 6. The van der Waals surface area contributed by atoms with Crippen molar-refractivity contribution in [3.05, 3.63) is 89.7 Å². The number of amidine groups is 1. The van der Waals surface area contributed by atoms with E-state index in [-0.39, 0.29) is 5.91 Å². The summed E-state index contributed by atoms with van der Waals surface area (Å²) in [5.74, 6) is 0.895. The number of halogens is 3. The lowest BCUT2D eigenvalue weighted by molar-refractivity contribution is -0.115. The zero-order valence-corrected chi connectivity index (χ0v) is 23.9. The molecule has 3 aromatic rings. The highest BCUT2D eigenvalue weighted by Crippen LogP contribution is 2.39. The van der Waals surface area contributed by atoms with Gasteiger partial charge in [-0.05, 0) is 94.6 Å². The second kappa shape index (κ2) is 11.2. The summed E-state index contributed by atoms with van der Waals surface area (Å²) in [5.41, 5.74) is 4.62. The van der Waals surface area contributed by atoms with E-state index in [1.165, 1.54) is 11.8 Å². The van der Waals surface area contributed by atoms with Gasteiger partial charge in [-0.1, -0.05) is 45.7 Å². The molecule has 0 saturated carbocycles. The van der Waals surface area contributed by atoms with Gasteiger partial charge in [-0.2, -0.15) is 0 Å². The van der Waals surface area contributed by atoms with Crippen LogP contribution in [0.5, 0.6) is 11.5 Å². The van der Waals surface area contributed by atoms with Crippen LogP contribution in [0.25, 0.3) is 6.08 Å². The van der Waals surface area contributed by atoms with E-state index in [0.717, 1.165) is 32.4 Å². The van der Waals surface area contributed by atoms with E-state index in [1.54, 1.807) is 13.2 Å². The molecule has 9 heteroatoms. The fourth-order valence-electron chi connectivity index (χ4n) is 3.47. The molecule has 0 spiro atoms. The summed E-state index contributed by atoms with van der Waals surface area (Å²) in [5, 5.41) is 4.01. The number of thioether (sulfide) groups is 1. The van der Waals surface area contributed by atoms with Crippen LogP contribution in [0.15, 0.2) is 67.4 Å². The van der Waals surface area contributed by atoms with Crippen molar-refractivity contribution in [2.75, 3.05) is 7.11 Å². The number of benzene rings is 3. The van der Waals surface area contributed by atoms with Gasteiger partial charge in [-0.15, -0.1) is 0 Å². The zero-order chi connectivity index (χ0) is 25.1. The lowest BCUT2D eigenvalue weighted by Gasteiger charge is -2.14. The van der Waals surface area contributed by atoms with E-state index >= 15 is 0 Å². The molecule has 0 atom stereocenters. The average molecular weight is 637 g/mol. The fraction of sp³-hybridized carbons (Fsp3) is 0.154. The van der Waals surface area contributed by atoms with Gasteiger partial charge >= 0.3 is 0 Å². The molecule has 1 fully saturated rings. The summed E-state index contributed by atoms with van der Waals surface area (Å²) >= 11 is 14.7. The number of hydrogen-bond acceptors (Lipinski definition) is 5. The molecular formula is C26H21Br2ClN2O3S. The first-order valence-corrected chi connectivity index (χ1v) is 13.3. The van der Waals surface area contributed by atoms with Gasteiger partial charge in [0.05, 0.1) is 22.2 Å². The number of nitrogens with one attached hydrogen (secondary N) is 1. The number of amides is 1. The van der Waals surface area contributed by atoms with Gasteiger partial charge in [0.1, 0.15) is 6.61 Å². The summed E-state index contributed by atoms with van der Waals surface area (Å²) in [7, 11) is 1.57. The van der Waals surface area contributed by atoms with Crippen molar-refractivity contribution in [3.8, 4) is 11.5 Å². The molecule has 35 heavy (non-hydrogen) atoms. The van der Waals surface area contributed by atoms with Crippen molar-refractivity contribution in [2.24, 2.45) is 4.99 Å². The number of hydrogen-bond donors (Lipinski definition) is 1. The highest BCUT2D eigenvalue weighted by molar-refractivity contribution is 9.10. The largest absolute Gasteiger partial charge is 0.493 e. The van der Waals surface area contributed by atoms with Crippen molar-refractivity contribution < 1.29 is 14.3 Å². The molecule has 1 heterocycles. The molecule has 1 aliphatic heterocycles. The lowest BCUT2D eigenvalue weighted by Crippen LogP contribution is -2.19. The molecule has 0 bridgehead atoms. The predicted octanol–water partition coefficient (Wildman–Crippen LogP) is 7.96. The van der Waals surface area contributed by atoms with E-state index in [0.29, 0.717) is 37.7 Å². The van der Waals surface area contributed by atoms with Gasteiger partial charge in [0, 0.05) is 15.1 Å². The van der Waals surface area contributed by atoms with Gasteiger partial charge in [-0.3, -0.25) is 4.79 Å². The van der Waals surface area contributed by atoms with E-state index in [4.69, 9.17) is 21.1 Å². The van der Waals surface area contributed by atoms with Crippen LogP contribution < -0.4 is 14.8 Å². The van der Waals surface area contributed by atoms with Crippen molar-refractivity contribution in [3.63, 3.8) is 0 Å². The lowest BCUT2D eigenvalue weighted by atomic mass is 10.1. The third-order valence-electron chi connectivity index (χ3n) is 5.18. The minimum atomic E-state index is -0.201. The smallest absolute Gasteiger partial charge is 0.264 e. The molecule has 180 valence electrons. The first-order chi connectivity index (χ1) is 16.7. The molecule has 1 amide bonds. The van der Waals surface area contributed by atoms with Crippen LogP contribution >= 0.6 is 55.2 Å². The summed E-state index contributed by atoms with van der Waals surface area (Å²) in [4.78, 5) is 17.7. The Balaban J connectivity index is 1.55. The van der Waals surface area contributed by atoms with Gasteiger partial charge in [-0.25, -0.2) is 4.99 Å². The SMILES string of the molecule is COc1cc(/C=C2/SC(=Nc3cc(C)c(Br)c(C)c3)NC2=O)cc(Br)c1OCc1ccccc1Cl. The Morgan fingerprint density at radius 1 is 1.11 bits per heavy atom. The van der Waals surface area contributed by atoms with Crippen LogP contribution in [0.2, 0.25) is 5.02 Å². The first kappa shape index (κ1) is 25.8. The summed E-state index contributed by atoms with van der Waals surface area (Å²) in [6, 6.07) is 15.2.